The number of halogens is 3. The molecular weight excluding hydrogens is 361 g/mol. The molecule has 6 nitrogen and oxygen atoms in total. The molecule has 0 aliphatic heterocycles. The zero-order valence-electron chi connectivity index (χ0n) is 14.8. The van der Waals surface area contributed by atoms with E-state index in [0.29, 0.717) is 16.9 Å². The molecule has 0 atom stereocenters. The van der Waals surface area contributed by atoms with Crippen LogP contribution in [0.25, 0.3) is 0 Å². The lowest BCUT2D eigenvalue weighted by molar-refractivity contribution is -0.123. The van der Waals surface area contributed by atoms with E-state index in [0.717, 1.165) is 5.69 Å². The topological polar surface area (TPSA) is 83.1 Å². The summed E-state index contributed by atoms with van der Waals surface area (Å²) in [4.78, 5) is 28.2. The SMILES string of the molecule is Cc1cccc(CNC(=O)Nc2cc(C(=O)NCC(F)(F)F)ccc2C)n1. The Balaban J connectivity index is 1.98. The molecule has 0 aliphatic rings. The van der Waals surface area contributed by atoms with Gasteiger partial charge in [-0.1, -0.05) is 12.1 Å². The highest BCUT2D eigenvalue weighted by Gasteiger charge is 2.28. The first-order chi connectivity index (χ1) is 12.6. The highest BCUT2D eigenvalue weighted by atomic mass is 19.4. The lowest BCUT2D eigenvalue weighted by Crippen LogP contribution is -2.34. The number of carbonyl (C=O) groups excluding carboxylic acids is 2. The van der Waals surface area contributed by atoms with E-state index in [-0.39, 0.29) is 12.1 Å². The van der Waals surface area contributed by atoms with Crippen LogP contribution in [-0.4, -0.2) is 29.6 Å². The number of aromatic nitrogens is 1. The van der Waals surface area contributed by atoms with Crippen LogP contribution in [0.2, 0.25) is 0 Å². The molecule has 9 heteroatoms. The van der Waals surface area contributed by atoms with Crippen molar-refractivity contribution in [3.05, 3.63) is 58.9 Å². The largest absolute Gasteiger partial charge is 0.405 e. The molecule has 1 aromatic carbocycles. The fourth-order valence-electron chi connectivity index (χ4n) is 2.22. The summed E-state index contributed by atoms with van der Waals surface area (Å²) in [5.41, 5.74) is 2.50. The van der Waals surface area contributed by atoms with Crippen molar-refractivity contribution >= 4 is 17.6 Å². The Morgan fingerprint density at radius 3 is 2.48 bits per heavy atom. The lowest BCUT2D eigenvalue weighted by atomic mass is 10.1. The van der Waals surface area contributed by atoms with E-state index < -0.39 is 24.7 Å². The highest BCUT2D eigenvalue weighted by molar-refractivity contribution is 5.97. The first kappa shape index (κ1) is 20.2. The molecule has 0 aliphatic carbocycles. The summed E-state index contributed by atoms with van der Waals surface area (Å²) < 4.78 is 36.6. The minimum atomic E-state index is -4.49. The van der Waals surface area contributed by atoms with Crippen molar-refractivity contribution in [2.45, 2.75) is 26.6 Å². The van der Waals surface area contributed by atoms with Gasteiger partial charge in [0.15, 0.2) is 0 Å². The van der Waals surface area contributed by atoms with Crippen molar-refractivity contribution in [2.75, 3.05) is 11.9 Å². The summed E-state index contributed by atoms with van der Waals surface area (Å²) in [6, 6.07) is 9.16. The Kier molecular flexibility index (Phi) is 6.38. The molecule has 0 fully saturated rings. The molecular formula is C18H19F3N4O2. The maximum absolute atomic E-state index is 12.2. The molecule has 2 aromatic rings. The van der Waals surface area contributed by atoms with E-state index in [1.54, 1.807) is 24.4 Å². The van der Waals surface area contributed by atoms with Crippen molar-refractivity contribution in [2.24, 2.45) is 0 Å². The van der Waals surface area contributed by atoms with Gasteiger partial charge in [-0.05, 0) is 43.7 Å². The highest BCUT2D eigenvalue weighted by Crippen LogP contribution is 2.18. The summed E-state index contributed by atoms with van der Waals surface area (Å²) in [5, 5.41) is 7.01. The van der Waals surface area contributed by atoms with Crippen LogP contribution in [0, 0.1) is 13.8 Å². The van der Waals surface area contributed by atoms with Gasteiger partial charge < -0.3 is 16.0 Å². The smallest absolute Gasteiger partial charge is 0.343 e. The van der Waals surface area contributed by atoms with Gasteiger partial charge in [-0.25, -0.2) is 4.79 Å². The van der Waals surface area contributed by atoms with Gasteiger partial charge in [0.25, 0.3) is 5.91 Å². The summed E-state index contributed by atoms with van der Waals surface area (Å²) >= 11 is 0. The monoisotopic (exact) mass is 380 g/mol. The van der Waals surface area contributed by atoms with E-state index in [9.17, 15) is 22.8 Å². The molecule has 1 heterocycles. The molecule has 0 unspecified atom stereocenters. The van der Waals surface area contributed by atoms with Crippen molar-refractivity contribution in [1.82, 2.24) is 15.6 Å². The third-order valence-electron chi connectivity index (χ3n) is 3.57. The van der Waals surface area contributed by atoms with Crippen molar-refractivity contribution in [3.63, 3.8) is 0 Å². The molecule has 3 N–H and O–H groups in total. The van der Waals surface area contributed by atoms with Crippen LogP contribution < -0.4 is 16.0 Å². The van der Waals surface area contributed by atoms with E-state index in [2.05, 4.69) is 15.6 Å². The van der Waals surface area contributed by atoms with Crippen LogP contribution in [0.5, 0.6) is 0 Å². The second-order valence-electron chi connectivity index (χ2n) is 5.91. The Morgan fingerprint density at radius 2 is 1.81 bits per heavy atom. The molecule has 3 amide bonds. The number of nitrogens with zero attached hydrogens (tertiary/aromatic N) is 1. The third kappa shape index (κ3) is 6.61. The number of nitrogens with one attached hydrogen (secondary N) is 3. The van der Waals surface area contributed by atoms with E-state index in [1.807, 2.05) is 19.1 Å². The van der Waals surface area contributed by atoms with Crippen molar-refractivity contribution < 1.29 is 22.8 Å². The zero-order chi connectivity index (χ0) is 20.0. The number of benzene rings is 1. The Bertz CT molecular complexity index is 838. The number of amides is 3. The van der Waals surface area contributed by atoms with E-state index >= 15 is 0 Å². The Morgan fingerprint density at radius 1 is 1.07 bits per heavy atom. The van der Waals surface area contributed by atoms with Crippen LogP contribution in [0.1, 0.15) is 27.3 Å². The second kappa shape index (κ2) is 8.52. The van der Waals surface area contributed by atoms with Crippen LogP contribution in [0.4, 0.5) is 23.7 Å². The number of carbonyl (C=O) groups is 2. The van der Waals surface area contributed by atoms with Crippen LogP contribution >= 0.6 is 0 Å². The normalized spacial score (nSPS) is 11.0. The Labute approximate surface area is 154 Å². The van der Waals surface area contributed by atoms with E-state index in [4.69, 9.17) is 0 Å². The maximum atomic E-state index is 12.2. The van der Waals surface area contributed by atoms with Gasteiger partial charge in [-0.15, -0.1) is 0 Å². The molecule has 27 heavy (non-hydrogen) atoms. The number of aryl methyl sites for hydroxylation is 2. The minimum Gasteiger partial charge on any atom is -0.343 e. The molecule has 2 rings (SSSR count). The molecule has 0 bridgehead atoms. The average Bonchev–Trinajstić information content (AvgIpc) is 2.59. The lowest BCUT2D eigenvalue weighted by Gasteiger charge is -2.12. The van der Waals surface area contributed by atoms with Gasteiger partial charge >= 0.3 is 12.2 Å². The number of anilines is 1. The molecule has 0 spiro atoms. The van der Waals surface area contributed by atoms with Crippen LogP contribution in [-0.2, 0) is 6.54 Å². The third-order valence-corrected chi connectivity index (χ3v) is 3.57. The van der Waals surface area contributed by atoms with Crippen LogP contribution in [0.3, 0.4) is 0 Å². The fraction of sp³-hybridized carbons (Fsp3) is 0.278. The molecule has 0 radical (unpaired) electrons. The summed E-state index contributed by atoms with van der Waals surface area (Å²) in [6.45, 7) is 2.32. The zero-order valence-corrected chi connectivity index (χ0v) is 14.8. The maximum Gasteiger partial charge on any atom is 0.405 e. The predicted octanol–water partition coefficient (Wildman–Crippen LogP) is 3.31. The summed E-state index contributed by atoms with van der Waals surface area (Å²) in [6.07, 6.45) is -4.49. The first-order valence-electron chi connectivity index (χ1n) is 8.07. The number of hydrogen-bond acceptors (Lipinski definition) is 3. The van der Waals surface area contributed by atoms with Crippen molar-refractivity contribution in [3.8, 4) is 0 Å². The summed E-state index contributed by atoms with van der Waals surface area (Å²) in [5.74, 6) is -0.875. The number of alkyl halides is 3. The standard InChI is InChI=1S/C18H19F3N4O2/c1-11-6-7-13(16(26)23-10-18(19,20)21)8-15(11)25-17(27)22-9-14-5-3-4-12(2)24-14/h3-8H,9-10H2,1-2H3,(H,23,26)(H2,22,25,27). The second-order valence-corrected chi connectivity index (χ2v) is 5.91. The van der Waals surface area contributed by atoms with Gasteiger partial charge in [0.05, 0.1) is 12.2 Å². The average molecular weight is 380 g/mol. The van der Waals surface area contributed by atoms with Gasteiger partial charge in [0.1, 0.15) is 6.54 Å². The van der Waals surface area contributed by atoms with E-state index in [1.165, 1.54) is 12.1 Å². The number of pyridine rings is 1. The minimum absolute atomic E-state index is 0.0144. The van der Waals surface area contributed by atoms with Gasteiger partial charge in [0, 0.05) is 16.9 Å². The number of urea groups is 1. The van der Waals surface area contributed by atoms with Gasteiger partial charge in [-0.2, -0.15) is 13.2 Å². The quantitative estimate of drug-likeness (QED) is 0.744. The van der Waals surface area contributed by atoms with Gasteiger partial charge in [0.2, 0.25) is 0 Å². The van der Waals surface area contributed by atoms with Crippen molar-refractivity contribution in [1.29, 1.82) is 0 Å². The number of hydrogen-bond donors (Lipinski definition) is 3. The first-order valence-corrected chi connectivity index (χ1v) is 8.07. The summed E-state index contributed by atoms with van der Waals surface area (Å²) in [7, 11) is 0. The van der Waals surface area contributed by atoms with Crippen LogP contribution in [0.15, 0.2) is 36.4 Å². The Hall–Kier alpha value is -3.10. The predicted molar refractivity (Wildman–Crippen MR) is 94.4 cm³/mol. The molecule has 144 valence electrons. The van der Waals surface area contributed by atoms with Gasteiger partial charge in [-0.3, -0.25) is 9.78 Å². The number of rotatable bonds is 5. The molecule has 1 aromatic heterocycles. The fourth-order valence-corrected chi connectivity index (χ4v) is 2.22. The molecule has 0 saturated carbocycles. The molecule has 0 saturated heterocycles.